The minimum Gasteiger partial charge on any atom is -0.311 e. The maximum absolute atomic E-state index is 2.89. The Bertz CT molecular complexity index is 2440. The van der Waals surface area contributed by atoms with Crippen LogP contribution in [-0.4, -0.2) is 6.71 Å². The molecule has 0 saturated carbocycles. The summed E-state index contributed by atoms with van der Waals surface area (Å²) >= 11 is 0. The van der Waals surface area contributed by atoms with Crippen molar-refractivity contribution in [3.63, 3.8) is 0 Å². The molecule has 0 aromatic heterocycles. The monoisotopic (exact) mass is 819 g/mol. The average molecular weight is 819 g/mol. The van der Waals surface area contributed by atoms with E-state index in [0.29, 0.717) is 0 Å². The highest BCUT2D eigenvalue weighted by Gasteiger charge is 2.45. The van der Waals surface area contributed by atoms with Crippen molar-refractivity contribution in [2.45, 2.75) is 187 Å². The zero-order valence-electron chi connectivity index (χ0n) is 38.2. The number of hydrogen-bond donors (Lipinski definition) is 0. The quantitative estimate of drug-likeness (QED) is 0.160. The van der Waals surface area contributed by atoms with Crippen molar-refractivity contribution in [1.82, 2.24) is 0 Å². The van der Waals surface area contributed by atoms with E-state index in [2.05, 4.69) is 89.5 Å². The van der Waals surface area contributed by atoms with Crippen LogP contribution in [0.4, 0.5) is 34.1 Å². The number of nitrogens with zero attached hydrogens (tertiary/aromatic N) is 2. The average Bonchev–Trinajstić information content (AvgIpc) is 3.61. The Hall–Kier alpha value is -4.24. The van der Waals surface area contributed by atoms with E-state index in [1.165, 1.54) is 219 Å². The Kier molecular flexibility index (Phi) is 11.8. The summed E-state index contributed by atoms with van der Waals surface area (Å²) in [5.41, 5.74) is 27.6. The molecule has 0 atom stereocenters. The topological polar surface area (TPSA) is 6.48 Å². The lowest BCUT2D eigenvalue weighted by molar-refractivity contribution is 0.629. The lowest BCUT2D eigenvalue weighted by Gasteiger charge is -2.46. The molecule has 2 nitrogen and oxygen atoms in total. The Balaban J connectivity index is 1.20. The van der Waals surface area contributed by atoms with Crippen molar-refractivity contribution in [2.24, 2.45) is 0 Å². The fraction of sp³-hybridized carbons (Fsp3) is 0.492. The second-order valence-corrected chi connectivity index (χ2v) is 20.6. The lowest BCUT2D eigenvalue weighted by atomic mass is 9.33. The number of hydrogen-bond acceptors (Lipinski definition) is 2. The van der Waals surface area contributed by atoms with Crippen molar-refractivity contribution in [2.75, 3.05) is 9.80 Å². The molecule has 62 heavy (non-hydrogen) atoms. The minimum absolute atomic E-state index is 0.204. The largest absolute Gasteiger partial charge is 0.311 e. The first-order chi connectivity index (χ1) is 30.7. The predicted octanol–water partition coefficient (Wildman–Crippen LogP) is 14.3. The second kappa shape index (κ2) is 18.1. The van der Waals surface area contributed by atoms with E-state index in [4.69, 9.17) is 0 Å². The second-order valence-electron chi connectivity index (χ2n) is 20.6. The maximum atomic E-state index is 2.89. The minimum atomic E-state index is 0.204. The van der Waals surface area contributed by atoms with E-state index >= 15 is 0 Å². The van der Waals surface area contributed by atoms with Crippen molar-refractivity contribution >= 4 is 57.2 Å². The number of rotatable bonds is 2. The summed E-state index contributed by atoms with van der Waals surface area (Å²) in [5.74, 6) is 0. The van der Waals surface area contributed by atoms with Crippen molar-refractivity contribution in [3.8, 4) is 0 Å². The molecule has 11 rings (SSSR count). The summed E-state index contributed by atoms with van der Waals surface area (Å²) in [7, 11) is 0. The SMILES string of the molecule is Cc1cc2c3c(c1)N(c1cccc4c1CCCCCCC4)c1c(ccc4c1CCCCCCC4)B3c1cc3c(cc1N2c1ccc2c(c1)CCCCCCC2)CCCCCCC3. The van der Waals surface area contributed by atoms with Gasteiger partial charge in [0.1, 0.15) is 0 Å². The van der Waals surface area contributed by atoms with Gasteiger partial charge in [0.2, 0.25) is 0 Å². The number of fused-ring (bicyclic) bond motifs is 9. The molecule has 320 valence electrons. The number of anilines is 6. The Labute approximate surface area is 375 Å². The van der Waals surface area contributed by atoms with Crippen LogP contribution < -0.4 is 26.2 Å². The number of aryl methyl sites for hydroxylation is 7. The van der Waals surface area contributed by atoms with Crippen LogP contribution in [0, 0.1) is 6.92 Å². The standard InChI is InChI=1S/C59H71BN2/c1-42-37-56-58-57(38-42)62(54-32-22-29-44-24-15-7-4-12-20-30-50(44)54)59-51-31-21-13-5-8-16-25-45(51)34-36-52(59)60(58)53-40-47-27-18-10-3-11-19-28-48(47)41-55(53)61(56)49-35-33-43-23-14-6-2-9-17-26-46(43)39-49/h22,29,32-41H,2-21,23-28,30-31H2,1H3. The van der Waals surface area contributed by atoms with E-state index in [-0.39, 0.29) is 6.71 Å². The smallest absolute Gasteiger partial charge is 0.252 e. The molecule has 2 aliphatic heterocycles. The molecule has 0 spiro atoms. The van der Waals surface area contributed by atoms with Gasteiger partial charge in [-0.3, -0.25) is 0 Å². The van der Waals surface area contributed by atoms with E-state index in [1.54, 1.807) is 61.1 Å². The van der Waals surface area contributed by atoms with Gasteiger partial charge in [0, 0.05) is 34.1 Å². The summed E-state index contributed by atoms with van der Waals surface area (Å²) in [4.78, 5) is 5.66. The summed E-state index contributed by atoms with van der Waals surface area (Å²) in [6.45, 7) is 2.59. The van der Waals surface area contributed by atoms with E-state index in [0.717, 1.165) is 0 Å². The molecule has 0 bridgehead atoms. The Morgan fingerprint density at radius 3 is 1.52 bits per heavy atom. The van der Waals surface area contributed by atoms with Gasteiger partial charge in [0.25, 0.3) is 6.71 Å². The molecule has 5 aromatic carbocycles. The third-order valence-corrected chi connectivity index (χ3v) is 16.4. The van der Waals surface area contributed by atoms with Gasteiger partial charge >= 0.3 is 0 Å². The van der Waals surface area contributed by atoms with Crippen molar-refractivity contribution < 1.29 is 0 Å². The van der Waals surface area contributed by atoms with Gasteiger partial charge in [0.05, 0.1) is 0 Å². The van der Waals surface area contributed by atoms with Crippen LogP contribution in [-0.2, 0) is 51.4 Å². The molecule has 2 heterocycles. The van der Waals surface area contributed by atoms with E-state index < -0.39 is 0 Å². The van der Waals surface area contributed by atoms with Crippen molar-refractivity contribution in [3.05, 3.63) is 123 Å². The molecule has 0 amide bonds. The molecule has 6 aliphatic rings. The number of benzene rings is 5. The van der Waals surface area contributed by atoms with Gasteiger partial charge in [-0.1, -0.05) is 113 Å². The third kappa shape index (κ3) is 7.66. The first-order valence-electron chi connectivity index (χ1n) is 26.0. The summed E-state index contributed by atoms with van der Waals surface area (Å²) in [6.07, 6.45) is 36.4. The van der Waals surface area contributed by atoms with Gasteiger partial charge in [-0.05, 0) is 213 Å². The van der Waals surface area contributed by atoms with Crippen LogP contribution in [0.15, 0.2) is 72.8 Å². The third-order valence-electron chi connectivity index (χ3n) is 16.4. The first-order valence-corrected chi connectivity index (χ1v) is 26.0. The van der Waals surface area contributed by atoms with Gasteiger partial charge < -0.3 is 9.80 Å². The van der Waals surface area contributed by atoms with Gasteiger partial charge in [-0.15, -0.1) is 0 Å². The molecule has 0 fully saturated rings. The van der Waals surface area contributed by atoms with Gasteiger partial charge in [-0.25, -0.2) is 0 Å². The summed E-state index contributed by atoms with van der Waals surface area (Å²) in [6, 6.07) is 31.1. The lowest BCUT2D eigenvalue weighted by Crippen LogP contribution is -2.62. The fourth-order valence-electron chi connectivity index (χ4n) is 13.2. The molecular weight excluding hydrogens is 747 g/mol. The molecule has 0 unspecified atom stereocenters. The van der Waals surface area contributed by atoms with Crippen LogP contribution in [0.5, 0.6) is 0 Å². The molecule has 5 aromatic rings. The van der Waals surface area contributed by atoms with Crippen molar-refractivity contribution in [1.29, 1.82) is 0 Å². The van der Waals surface area contributed by atoms with Crippen LogP contribution in [0.1, 0.15) is 178 Å². The normalized spacial score (nSPS) is 19.4. The van der Waals surface area contributed by atoms with Crippen LogP contribution >= 0.6 is 0 Å². The van der Waals surface area contributed by atoms with Crippen LogP contribution in [0.3, 0.4) is 0 Å². The van der Waals surface area contributed by atoms with Gasteiger partial charge in [-0.2, -0.15) is 0 Å². The molecule has 0 N–H and O–H groups in total. The zero-order chi connectivity index (χ0) is 41.4. The maximum Gasteiger partial charge on any atom is 0.252 e. The highest BCUT2D eigenvalue weighted by atomic mass is 15.2. The highest BCUT2D eigenvalue weighted by Crippen LogP contribution is 2.49. The van der Waals surface area contributed by atoms with E-state index in [9.17, 15) is 0 Å². The molecule has 0 saturated heterocycles. The molecule has 3 heteroatoms. The van der Waals surface area contributed by atoms with Crippen LogP contribution in [0.25, 0.3) is 0 Å². The first kappa shape index (κ1) is 40.5. The molecule has 0 radical (unpaired) electrons. The highest BCUT2D eigenvalue weighted by molar-refractivity contribution is 7.00. The Morgan fingerprint density at radius 2 is 0.855 bits per heavy atom. The molecule has 4 aliphatic carbocycles. The molecular formula is C59H71BN2. The zero-order valence-corrected chi connectivity index (χ0v) is 38.2. The van der Waals surface area contributed by atoms with E-state index in [1.807, 2.05) is 0 Å². The Morgan fingerprint density at radius 1 is 0.355 bits per heavy atom. The summed E-state index contributed by atoms with van der Waals surface area (Å²) in [5, 5.41) is 0. The summed E-state index contributed by atoms with van der Waals surface area (Å²) < 4.78 is 0. The fourth-order valence-corrected chi connectivity index (χ4v) is 13.2. The van der Waals surface area contributed by atoms with Gasteiger partial charge in [0.15, 0.2) is 0 Å². The predicted molar refractivity (Wildman–Crippen MR) is 267 cm³/mol. The van der Waals surface area contributed by atoms with Crippen LogP contribution in [0.2, 0.25) is 0 Å².